The van der Waals surface area contributed by atoms with Gasteiger partial charge in [0.1, 0.15) is 11.6 Å². The lowest BCUT2D eigenvalue weighted by molar-refractivity contribution is 0.101. The number of aliphatic hydroxyl groups excluding tert-OH is 1. The van der Waals surface area contributed by atoms with Crippen LogP contribution in [0.25, 0.3) is 0 Å². The largest absolute Gasteiger partial charge is 0.507 e. The third-order valence-electron chi connectivity index (χ3n) is 3.01. The summed E-state index contributed by atoms with van der Waals surface area (Å²) in [6.07, 6.45) is 0.615. The fourth-order valence-electron chi connectivity index (χ4n) is 1.93. The molecule has 2 N–H and O–H groups in total. The Morgan fingerprint density at radius 1 is 1.42 bits per heavy atom. The van der Waals surface area contributed by atoms with Crippen molar-refractivity contribution in [2.75, 3.05) is 19.7 Å². The number of aromatic hydroxyl groups is 1. The highest BCUT2D eigenvalue weighted by Gasteiger charge is 2.15. The van der Waals surface area contributed by atoms with Gasteiger partial charge >= 0.3 is 0 Å². The molecule has 0 aliphatic heterocycles. The van der Waals surface area contributed by atoms with E-state index < -0.39 is 5.82 Å². The third-order valence-corrected chi connectivity index (χ3v) is 3.01. The lowest BCUT2D eigenvalue weighted by Crippen LogP contribution is -2.25. The molecule has 0 heterocycles. The summed E-state index contributed by atoms with van der Waals surface area (Å²) in [5, 5.41) is 18.8. The second-order valence-electron chi connectivity index (χ2n) is 4.46. The third kappa shape index (κ3) is 4.29. The van der Waals surface area contributed by atoms with Crippen LogP contribution in [0.4, 0.5) is 4.39 Å². The molecule has 0 spiro atoms. The minimum atomic E-state index is -0.531. The molecule has 0 aliphatic carbocycles. The molecule has 1 aromatic rings. The number of benzene rings is 1. The van der Waals surface area contributed by atoms with Gasteiger partial charge in [-0.15, -0.1) is 0 Å². The number of phenolic OH excluding ortho intramolecular Hbond substituents is 1. The van der Waals surface area contributed by atoms with E-state index >= 15 is 0 Å². The van der Waals surface area contributed by atoms with E-state index in [9.17, 15) is 14.3 Å². The minimum Gasteiger partial charge on any atom is -0.507 e. The standard InChI is InChI=1S/C14H20FNO3/c1-3-16(5-4-6-17)9-11-7-12(15)8-13(10(2)18)14(11)19/h7-8,17,19H,3-6,9H2,1-2H3. The minimum absolute atomic E-state index is 0.00760. The van der Waals surface area contributed by atoms with E-state index in [-0.39, 0.29) is 23.7 Å². The van der Waals surface area contributed by atoms with Gasteiger partial charge in [0.05, 0.1) is 5.56 Å². The molecule has 0 saturated heterocycles. The second-order valence-corrected chi connectivity index (χ2v) is 4.46. The van der Waals surface area contributed by atoms with Gasteiger partial charge in [-0.3, -0.25) is 9.69 Å². The van der Waals surface area contributed by atoms with Gasteiger partial charge in [-0.1, -0.05) is 6.92 Å². The summed E-state index contributed by atoms with van der Waals surface area (Å²) in [7, 11) is 0. The summed E-state index contributed by atoms with van der Waals surface area (Å²) in [6, 6.07) is 2.29. The van der Waals surface area contributed by atoms with E-state index in [1.54, 1.807) is 0 Å². The molecule has 0 amide bonds. The first-order chi connectivity index (χ1) is 8.99. The fraction of sp³-hybridized carbons (Fsp3) is 0.500. The SMILES string of the molecule is CCN(CCCO)Cc1cc(F)cc(C(C)=O)c1O. The van der Waals surface area contributed by atoms with Crippen LogP contribution in [0.1, 0.15) is 36.2 Å². The van der Waals surface area contributed by atoms with Crippen molar-refractivity contribution in [1.82, 2.24) is 4.90 Å². The molecule has 0 atom stereocenters. The predicted molar refractivity (Wildman–Crippen MR) is 70.7 cm³/mol. The van der Waals surface area contributed by atoms with Gasteiger partial charge in [0.2, 0.25) is 0 Å². The van der Waals surface area contributed by atoms with Gasteiger partial charge in [0.25, 0.3) is 0 Å². The van der Waals surface area contributed by atoms with E-state index in [1.165, 1.54) is 13.0 Å². The van der Waals surface area contributed by atoms with E-state index in [0.29, 0.717) is 31.6 Å². The number of halogens is 1. The molecule has 1 aromatic carbocycles. The van der Waals surface area contributed by atoms with Crippen LogP contribution >= 0.6 is 0 Å². The molecule has 0 radical (unpaired) electrons. The number of aliphatic hydroxyl groups is 1. The number of carbonyl (C=O) groups is 1. The molecule has 0 aromatic heterocycles. The summed E-state index contributed by atoms with van der Waals surface area (Å²) in [5.74, 6) is -1.05. The van der Waals surface area contributed by atoms with Crippen molar-refractivity contribution >= 4 is 5.78 Å². The average Bonchev–Trinajstić information content (AvgIpc) is 2.37. The van der Waals surface area contributed by atoms with Crippen molar-refractivity contribution in [2.45, 2.75) is 26.8 Å². The molecule has 0 fully saturated rings. The molecule has 4 nitrogen and oxygen atoms in total. The van der Waals surface area contributed by atoms with Gasteiger partial charge < -0.3 is 10.2 Å². The van der Waals surface area contributed by atoms with Gasteiger partial charge in [0, 0.05) is 25.3 Å². The van der Waals surface area contributed by atoms with Crippen LogP contribution in [0.15, 0.2) is 12.1 Å². The van der Waals surface area contributed by atoms with Crippen LogP contribution in [0.2, 0.25) is 0 Å². The summed E-state index contributed by atoms with van der Waals surface area (Å²) >= 11 is 0. The Balaban J connectivity index is 2.96. The molecule has 106 valence electrons. The molecule has 5 heteroatoms. The van der Waals surface area contributed by atoms with E-state index in [4.69, 9.17) is 5.11 Å². The fourth-order valence-corrected chi connectivity index (χ4v) is 1.93. The first-order valence-corrected chi connectivity index (χ1v) is 6.35. The molecule has 0 unspecified atom stereocenters. The Bertz CT molecular complexity index is 449. The number of carbonyl (C=O) groups excluding carboxylic acids is 1. The van der Waals surface area contributed by atoms with E-state index in [1.807, 2.05) is 11.8 Å². The number of nitrogens with zero attached hydrogens (tertiary/aromatic N) is 1. The summed E-state index contributed by atoms with van der Waals surface area (Å²) < 4.78 is 13.5. The molecule has 1 rings (SSSR count). The van der Waals surface area contributed by atoms with E-state index in [2.05, 4.69) is 0 Å². The Morgan fingerprint density at radius 3 is 2.63 bits per heavy atom. The second kappa shape index (κ2) is 7.21. The molecule has 0 aliphatic rings. The highest BCUT2D eigenvalue weighted by Crippen LogP contribution is 2.26. The predicted octanol–water partition coefficient (Wildman–Crippen LogP) is 1.94. The lowest BCUT2D eigenvalue weighted by Gasteiger charge is -2.21. The molecule has 0 saturated carbocycles. The topological polar surface area (TPSA) is 60.8 Å². The summed E-state index contributed by atoms with van der Waals surface area (Å²) in [4.78, 5) is 13.3. The van der Waals surface area contributed by atoms with Crippen molar-refractivity contribution in [2.24, 2.45) is 0 Å². The van der Waals surface area contributed by atoms with Crippen molar-refractivity contribution in [3.63, 3.8) is 0 Å². The Labute approximate surface area is 112 Å². The quantitative estimate of drug-likeness (QED) is 0.743. The number of hydrogen-bond donors (Lipinski definition) is 2. The van der Waals surface area contributed by atoms with Crippen LogP contribution in [0.3, 0.4) is 0 Å². The zero-order valence-electron chi connectivity index (χ0n) is 11.3. The monoisotopic (exact) mass is 269 g/mol. The number of phenols is 1. The van der Waals surface area contributed by atoms with Gasteiger partial charge in [-0.25, -0.2) is 4.39 Å². The van der Waals surface area contributed by atoms with Gasteiger partial charge in [0.15, 0.2) is 5.78 Å². The van der Waals surface area contributed by atoms with Crippen molar-refractivity contribution in [1.29, 1.82) is 0 Å². The lowest BCUT2D eigenvalue weighted by atomic mass is 10.0. The summed E-state index contributed by atoms with van der Waals surface area (Å²) in [5.41, 5.74) is 0.401. The zero-order valence-corrected chi connectivity index (χ0v) is 11.3. The number of rotatable bonds is 7. The highest BCUT2D eigenvalue weighted by molar-refractivity contribution is 5.97. The molecule has 0 bridgehead atoms. The average molecular weight is 269 g/mol. The van der Waals surface area contributed by atoms with Crippen LogP contribution in [0, 0.1) is 5.82 Å². The van der Waals surface area contributed by atoms with Crippen LogP contribution in [-0.4, -0.2) is 40.6 Å². The molecular weight excluding hydrogens is 249 g/mol. The smallest absolute Gasteiger partial charge is 0.163 e. The first kappa shape index (κ1) is 15.6. The maximum Gasteiger partial charge on any atom is 0.163 e. The van der Waals surface area contributed by atoms with Crippen molar-refractivity contribution in [3.05, 3.63) is 29.1 Å². The van der Waals surface area contributed by atoms with Gasteiger partial charge in [-0.2, -0.15) is 0 Å². The highest BCUT2D eigenvalue weighted by atomic mass is 19.1. The molecular formula is C14H20FNO3. The van der Waals surface area contributed by atoms with Gasteiger partial charge in [-0.05, 0) is 32.0 Å². The number of ketones is 1. The summed E-state index contributed by atoms with van der Waals surface area (Å²) in [6.45, 7) is 5.04. The molecule has 19 heavy (non-hydrogen) atoms. The number of hydrogen-bond acceptors (Lipinski definition) is 4. The van der Waals surface area contributed by atoms with Crippen LogP contribution in [-0.2, 0) is 6.54 Å². The maximum absolute atomic E-state index is 13.5. The number of Topliss-reactive ketones (excluding diaryl/α,β-unsaturated/α-hetero) is 1. The Hall–Kier alpha value is -1.46. The Kier molecular flexibility index (Phi) is 5.92. The normalized spacial score (nSPS) is 11.0. The zero-order chi connectivity index (χ0) is 14.4. The van der Waals surface area contributed by atoms with E-state index in [0.717, 1.165) is 6.07 Å². The van der Waals surface area contributed by atoms with Crippen molar-refractivity contribution < 1.29 is 19.4 Å². The maximum atomic E-state index is 13.5. The van der Waals surface area contributed by atoms with Crippen LogP contribution in [0.5, 0.6) is 5.75 Å². The van der Waals surface area contributed by atoms with Crippen molar-refractivity contribution in [3.8, 4) is 5.75 Å². The first-order valence-electron chi connectivity index (χ1n) is 6.35. The Morgan fingerprint density at radius 2 is 2.11 bits per heavy atom. The van der Waals surface area contributed by atoms with Crippen LogP contribution < -0.4 is 0 Å².